The highest BCUT2D eigenvalue weighted by Crippen LogP contribution is 2.29. The number of ketones is 1. The minimum atomic E-state index is -0.193. The summed E-state index contributed by atoms with van der Waals surface area (Å²) in [6.45, 7) is 1.90. The fraction of sp³-hybridized carbons (Fsp3) is 0.0667. The van der Waals surface area contributed by atoms with E-state index in [1.54, 1.807) is 36.4 Å². The molecule has 34 heavy (non-hydrogen) atoms. The van der Waals surface area contributed by atoms with Gasteiger partial charge in [-0.05, 0) is 60.5 Å². The number of aryl methyl sites for hydroxylation is 2. The molecule has 0 aliphatic heterocycles. The van der Waals surface area contributed by atoms with Gasteiger partial charge in [-0.15, -0.1) is 0 Å². The lowest BCUT2D eigenvalue weighted by Crippen LogP contribution is -2.13. The van der Waals surface area contributed by atoms with Crippen molar-refractivity contribution < 1.29 is 9.59 Å². The van der Waals surface area contributed by atoms with Gasteiger partial charge in [0.15, 0.2) is 5.78 Å². The molecular formula is C30H24N2O2. The van der Waals surface area contributed by atoms with Gasteiger partial charge in [0, 0.05) is 45.7 Å². The number of benzene rings is 4. The molecule has 1 N–H and O–H groups in total. The van der Waals surface area contributed by atoms with Gasteiger partial charge < -0.3 is 9.88 Å². The minimum absolute atomic E-state index is 0.120. The van der Waals surface area contributed by atoms with Crippen molar-refractivity contribution in [2.75, 3.05) is 5.32 Å². The normalized spacial score (nSPS) is 11.4. The molecule has 0 unspecified atom stereocenters. The summed E-state index contributed by atoms with van der Waals surface area (Å²) < 4.78 is 2.18. The first kappa shape index (κ1) is 21.4. The van der Waals surface area contributed by atoms with Gasteiger partial charge in [0.05, 0.1) is 0 Å². The van der Waals surface area contributed by atoms with Crippen molar-refractivity contribution in [2.24, 2.45) is 7.05 Å². The van der Waals surface area contributed by atoms with Crippen LogP contribution < -0.4 is 5.32 Å². The van der Waals surface area contributed by atoms with Gasteiger partial charge in [-0.3, -0.25) is 9.59 Å². The molecule has 0 spiro atoms. The van der Waals surface area contributed by atoms with E-state index in [1.807, 2.05) is 49.4 Å². The molecule has 1 heterocycles. The second kappa shape index (κ2) is 8.83. The number of carbonyl (C=O) groups is 2. The van der Waals surface area contributed by atoms with E-state index in [1.165, 1.54) is 10.9 Å². The molecule has 5 rings (SSSR count). The van der Waals surface area contributed by atoms with Crippen molar-refractivity contribution in [3.05, 3.63) is 119 Å². The largest absolute Gasteiger partial charge is 0.344 e. The molecule has 0 saturated heterocycles. The highest BCUT2D eigenvalue weighted by atomic mass is 16.1. The van der Waals surface area contributed by atoms with E-state index in [0.717, 1.165) is 22.0 Å². The maximum absolute atomic E-state index is 12.9. The van der Waals surface area contributed by atoms with Gasteiger partial charge in [-0.1, -0.05) is 60.7 Å². The summed E-state index contributed by atoms with van der Waals surface area (Å²) in [5.74, 6) is -0.313. The fourth-order valence-corrected chi connectivity index (χ4v) is 4.33. The van der Waals surface area contributed by atoms with Gasteiger partial charge in [0.2, 0.25) is 0 Å². The zero-order chi connectivity index (χ0) is 23.7. The Balaban J connectivity index is 1.37. The van der Waals surface area contributed by atoms with E-state index < -0.39 is 0 Å². The van der Waals surface area contributed by atoms with Crippen LogP contribution in [0, 0.1) is 6.92 Å². The number of allylic oxidation sites excluding steroid dienone is 1. The lowest BCUT2D eigenvalue weighted by molar-refractivity contribution is 0.102. The number of fused-ring (bicyclic) bond motifs is 3. The summed E-state index contributed by atoms with van der Waals surface area (Å²) in [7, 11) is 2.06. The van der Waals surface area contributed by atoms with Crippen LogP contribution in [-0.2, 0) is 7.05 Å². The van der Waals surface area contributed by atoms with Gasteiger partial charge in [0.1, 0.15) is 0 Å². The first-order chi connectivity index (χ1) is 16.5. The second-order valence-corrected chi connectivity index (χ2v) is 8.40. The van der Waals surface area contributed by atoms with Crippen LogP contribution in [0.4, 0.5) is 5.69 Å². The summed E-state index contributed by atoms with van der Waals surface area (Å²) in [6, 6.07) is 29.0. The third-order valence-corrected chi connectivity index (χ3v) is 6.16. The zero-order valence-corrected chi connectivity index (χ0v) is 19.1. The lowest BCUT2D eigenvalue weighted by Gasteiger charge is -2.08. The number of rotatable bonds is 5. The quantitative estimate of drug-likeness (QED) is 0.240. The third-order valence-electron chi connectivity index (χ3n) is 6.16. The first-order valence-corrected chi connectivity index (χ1v) is 11.2. The SMILES string of the molecule is Cc1ccccc1C(=O)Nc1cccc(C(=O)/C=C/c2ccc3c(c2)c2ccccc2n3C)c1. The van der Waals surface area contributed by atoms with E-state index in [-0.39, 0.29) is 11.7 Å². The van der Waals surface area contributed by atoms with E-state index in [4.69, 9.17) is 0 Å². The molecule has 4 nitrogen and oxygen atoms in total. The molecule has 166 valence electrons. The highest BCUT2D eigenvalue weighted by Gasteiger charge is 2.11. The van der Waals surface area contributed by atoms with Gasteiger partial charge in [0.25, 0.3) is 5.91 Å². The molecule has 0 radical (unpaired) electrons. The Bertz CT molecular complexity index is 1590. The maximum atomic E-state index is 12.9. The number of nitrogens with one attached hydrogen (secondary N) is 1. The predicted octanol–water partition coefficient (Wildman–Crippen LogP) is 6.79. The van der Waals surface area contributed by atoms with E-state index in [2.05, 4.69) is 41.2 Å². The Morgan fingerprint density at radius 3 is 2.41 bits per heavy atom. The monoisotopic (exact) mass is 444 g/mol. The first-order valence-electron chi connectivity index (χ1n) is 11.2. The van der Waals surface area contributed by atoms with Crippen LogP contribution in [0.25, 0.3) is 27.9 Å². The number of aromatic nitrogens is 1. The number of amides is 1. The van der Waals surface area contributed by atoms with Gasteiger partial charge >= 0.3 is 0 Å². The van der Waals surface area contributed by atoms with Crippen LogP contribution in [-0.4, -0.2) is 16.3 Å². The summed E-state index contributed by atoms with van der Waals surface area (Å²) in [6.07, 6.45) is 3.41. The molecule has 4 heteroatoms. The number of carbonyl (C=O) groups excluding carboxylic acids is 2. The number of nitrogens with zero attached hydrogens (tertiary/aromatic N) is 1. The van der Waals surface area contributed by atoms with Crippen LogP contribution >= 0.6 is 0 Å². The molecule has 0 bridgehead atoms. The summed E-state index contributed by atoms with van der Waals surface area (Å²) >= 11 is 0. The number of hydrogen-bond donors (Lipinski definition) is 1. The molecule has 0 aliphatic carbocycles. The molecule has 0 fully saturated rings. The van der Waals surface area contributed by atoms with Crippen molar-refractivity contribution in [2.45, 2.75) is 6.92 Å². The van der Waals surface area contributed by atoms with Crippen LogP contribution in [0.15, 0.2) is 97.1 Å². The van der Waals surface area contributed by atoms with Gasteiger partial charge in [-0.25, -0.2) is 0 Å². The molecular weight excluding hydrogens is 420 g/mol. The molecule has 0 aliphatic rings. The maximum Gasteiger partial charge on any atom is 0.255 e. The summed E-state index contributed by atoms with van der Waals surface area (Å²) in [5, 5.41) is 5.24. The number of para-hydroxylation sites is 1. The summed E-state index contributed by atoms with van der Waals surface area (Å²) in [4.78, 5) is 25.5. The van der Waals surface area contributed by atoms with E-state index in [9.17, 15) is 9.59 Å². The number of hydrogen-bond acceptors (Lipinski definition) is 2. The molecule has 0 atom stereocenters. The van der Waals surface area contributed by atoms with E-state index in [0.29, 0.717) is 16.8 Å². The minimum Gasteiger partial charge on any atom is -0.344 e. The molecule has 1 aromatic heterocycles. The van der Waals surface area contributed by atoms with Crippen molar-refractivity contribution in [1.29, 1.82) is 0 Å². The van der Waals surface area contributed by atoms with Crippen LogP contribution in [0.3, 0.4) is 0 Å². The van der Waals surface area contributed by atoms with Crippen molar-refractivity contribution in [3.8, 4) is 0 Å². The predicted molar refractivity (Wildman–Crippen MR) is 139 cm³/mol. The fourth-order valence-electron chi connectivity index (χ4n) is 4.33. The van der Waals surface area contributed by atoms with Crippen molar-refractivity contribution >= 4 is 45.3 Å². The van der Waals surface area contributed by atoms with Crippen LogP contribution in [0.1, 0.15) is 31.8 Å². The van der Waals surface area contributed by atoms with Gasteiger partial charge in [-0.2, -0.15) is 0 Å². The van der Waals surface area contributed by atoms with Crippen molar-refractivity contribution in [1.82, 2.24) is 4.57 Å². The van der Waals surface area contributed by atoms with Crippen LogP contribution in [0.2, 0.25) is 0 Å². The number of anilines is 1. The molecule has 4 aromatic carbocycles. The Morgan fingerprint density at radius 2 is 1.56 bits per heavy atom. The zero-order valence-electron chi connectivity index (χ0n) is 19.1. The Morgan fingerprint density at radius 1 is 0.794 bits per heavy atom. The highest BCUT2D eigenvalue weighted by molar-refractivity contribution is 6.11. The molecule has 5 aromatic rings. The average molecular weight is 445 g/mol. The van der Waals surface area contributed by atoms with Crippen LogP contribution in [0.5, 0.6) is 0 Å². The standard InChI is InChI=1S/C30H24N2O2/c1-20-8-3-4-11-24(20)30(34)31-23-10-7-9-22(19-23)29(33)17-15-21-14-16-28-26(18-21)25-12-5-6-13-27(25)32(28)2/h3-19H,1-2H3,(H,31,34)/b17-15+. The Hall–Kier alpha value is -4.44. The van der Waals surface area contributed by atoms with E-state index >= 15 is 0 Å². The smallest absolute Gasteiger partial charge is 0.255 e. The molecule has 0 saturated carbocycles. The lowest BCUT2D eigenvalue weighted by atomic mass is 10.1. The second-order valence-electron chi connectivity index (χ2n) is 8.40. The Labute approximate surface area is 198 Å². The summed E-state index contributed by atoms with van der Waals surface area (Å²) in [5.41, 5.74) is 5.92. The molecule has 1 amide bonds. The average Bonchev–Trinajstić information content (AvgIpc) is 3.14. The van der Waals surface area contributed by atoms with Crippen molar-refractivity contribution in [3.63, 3.8) is 0 Å². The topological polar surface area (TPSA) is 51.1 Å². The third kappa shape index (κ3) is 4.02. The Kier molecular flexibility index (Phi) is 5.56.